The summed E-state index contributed by atoms with van der Waals surface area (Å²) >= 11 is 1.75. The number of hydrogen-bond acceptors (Lipinski definition) is 5. The molecule has 0 saturated carbocycles. The third-order valence-corrected chi connectivity index (χ3v) is 6.69. The van der Waals surface area contributed by atoms with Crippen molar-refractivity contribution in [3.8, 4) is 0 Å². The van der Waals surface area contributed by atoms with E-state index in [1.165, 1.54) is 18.2 Å². The van der Waals surface area contributed by atoms with E-state index < -0.39 is 32.6 Å². The Labute approximate surface area is 169 Å². The van der Waals surface area contributed by atoms with Gasteiger partial charge in [-0.3, -0.25) is 4.72 Å². The number of anilines is 2. The number of carbonyl (C=O) groups is 1. The summed E-state index contributed by atoms with van der Waals surface area (Å²) in [5.74, 6) is 0.415. The van der Waals surface area contributed by atoms with Gasteiger partial charge in [-0.1, -0.05) is 12.1 Å². The third-order valence-electron chi connectivity index (χ3n) is 4.31. The van der Waals surface area contributed by atoms with E-state index in [2.05, 4.69) is 4.72 Å². The zero-order chi connectivity index (χ0) is 21.2. The summed E-state index contributed by atoms with van der Waals surface area (Å²) < 4.78 is 66.7. The number of nitrogens with zero attached hydrogens (tertiary/aromatic N) is 1. The van der Waals surface area contributed by atoms with Crippen molar-refractivity contribution >= 4 is 39.1 Å². The number of aromatic carboxylic acids is 1. The van der Waals surface area contributed by atoms with Crippen molar-refractivity contribution in [2.75, 3.05) is 34.2 Å². The highest BCUT2D eigenvalue weighted by Crippen LogP contribution is 2.35. The summed E-state index contributed by atoms with van der Waals surface area (Å²) in [5, 5.41) is 9.53. The lowest BCUT2D eigenvalue weighted by molar-refractivity contribution is -0.139. The number of sulfonamides is 1. The van der Waals surface area contributed by atoms with E-state index in [1.54, 1.807) is 11.8 Å². The van der Waals surface area contributed by atoms with Crippen molar-refractivity contribution in [1.29, 1.82) is 0 Å². The molecular weight excluding hydrogens is 429 g/mol. The molecule has 1 heterocycles. The Morgan fingerprint density at radius 1 is 1.10 bits per heavy atom. The molecule has 2 aromatic carbocycles. The number of hydrogen-bond donors (Lipinski definition) is 2. The first-order valence-corrected chi connectivity index (χ1v) is 11.1. The molecule has 29 heavy (non-hydrogen) atoms. The zero-order valence-electron chi connectivity index (χ0n) is 14.9. The van der Waals surface area contributed by atoms with Gasteiger partial charge in [0.25, 0.3) is 10.0 Å². The third kappa shape index (κ3) is 4.78. The van der Waals surface area contributed by atoms with E-state index in [-0.39, 0.29) is 11.3 Å². The van der Waals surface area contributed by atoms with Gasteiger partial charge in [0.2, 0.25) is 0 Å². The van der Waals surface area contributed by atoms with Crippen LogP contribution in [0.15, 0.2) is 47.4 Å². The second-order valence-corrected chi connectivity index (χ2v) is 9.11. The van der Waals surface area contributed by atoms with E-state index in [9.17, 15) is 31.5 Å². The van der Waals surface area contributed by atoms with Crippen molar-refractivity contribution in [3.63, 3.8) is 0 Å². The Hall–Kier alpha value is -2.40. The number of alkyl halides is 3. The van der Waals surface area contributed by atoms with Crippen molar-refractivity contribution in [3.05, 3.63) is 53.6 Å². The Morgan fingerprint density at radius 3 is 2.38 bits per heavy atom. The number of halogens is 3. The minimum Gasteiger partial charge on any atom is -0.478 e. The van der Waals surface area contributed by atoms with Gasteiger partial charge in [-0.05, 0) is 30.3 Å². The van der Waals surface area contributed by atoms with Crippen LogP contribution in [0.2, 0.25) is 0 Å². The van der Waals surface area contributed by atoms with E-state index in [0.717, 1.165) is 29.7 Å². The second-order valence-electron chi connectivity index (χ2n) is 6.24. The number of carboxylic acid groups (broad SMARTS) is 1. The highest BCUT2D eigenvalue weighted by Gasteiger charge is 2.37. The molecular formula is C18H17F3N2O4S2. The van der Waals surface area contributed by atoms with Crippen LogP contribution in [0.25, 0.3) is 0 Å². The lowest BCUT2D eigenvalue weighted by Crippen LogP contribution is -2.33. The predicted molar refractivity (Wildman–Crippen MR) is 105 cm³/mol. The molecule has 11 heteroatoms. The summed E-state index contributed by atoms with van der Waals surface area (Å²) in [5.41, 5.74) is -1.11. The average Bonchev–Trinajstić information content (AvgIpc) is 2.67. The summed E-state index contributed by atoms with van der Waals surface area (Å²) in [6.45, 7) is 1.30. The normalized spacial score (nSPS) is 15.2. The van der Waals surface area contributed by atoms with Crippen LogP contribution in [0, 0.1) is 0 Å². The molecule has 0 atom stereocenters. The van der Waals surface area contributed by atoms with Crippen LogP contribution >= 0.6 is 11.8 Å². The Bertz CT molecular complexity index is 1020. The maximum Gasteiger partial charge on any atom is 0.417 e. The fraction of sp³-hybridized carbons (Fsp3) is 0.278. The van der Waals surface area contributed by atoms with Crippen LogP contribution in [0.1, 0.15) is 15.9 Å². The van der Waals surface area contributed by atoms with Gasteiger partial charge in [0, 0.05) is 30.3 Å². The van der Waals surface area contributed by atoms with Gasteiger partial charge in [-0.25, -0.2) is 13.2 Å². The highest BCUT2D eigenvalue weighted by molar-refractivity contribution is 7.99. The van der Waals surface area contributed by atoms with Gasteiger partial charge < -0.3 is 10.0 Å². The predicted octanol–water partition coefficient (Wildman–Crippen LogP) is 3.76. The first-order chi connectivity index (χ1) is 13.6. The molecule has 0 unspecified atom stereocenters. The van der Waals surface area contributed by atoms with Gasteiger partial charge in [-0.2, -0.15) is 24.9 Å². The van der Waals surface area contributed by atoms with E-state index in [4.69, 9.17) is 0 Å². The van der Waals surface area contributed by atoms with Gasteiger partial charge in [-0.15, -0.1) is 0 Å². The van der Waals surface area contributed by atoms with Gasteiger partial charge in [0.05, 0.1) is 21.7 Å². The van der Waals surface area contributed by atoms with Gasteiger partial charge >= 0.3 is 12.1 Å². The average molecular weight is 446 g/mol. The largest absolute Gasteiger partial charge is 0.478 e. The first kappa shape index (κ1) is 21.3. The van der Waals surface area contributed by atoms with E-state index in [0.29, 0.717) is 24.8 Å². The molecule has 1 aliphatic heterocycles. The monoisotopic (exact) mass is 446 g/mol. The summed E-state index contributed by atoms with van der Waals surface area (Å²) in [6.07, 6.45) is -4.85. The lowest BCUT2D eigenvalue weighted by atomic mass is 10.1. The Balaban J connectivity index is 1.96. The highest BCUT2D eigenvalue weighted by atomic mass is 32.2. The molecule has 0 amide bonds. The van der Waals surface area contributed by atoms with Crippen LogP contribution in [0.5, 0.6) is 0 Å². The number of thioether (sulfide) groups is 1. The molecule has 3 rings (SSSR count). The smallest absolute Gasteiger partial charge is 0.417 e. The molecule has 1 fully saturated rings. The van der Waals surface area contributed by atoms with E-state index in [1.807, 2.05) is 4.90 Å². The molecule has 6 nitrogen and oxygen atoms in total. The fourth-order valence-corrected chi connectivity index (χ4v) is 5.18. The van der Waals surface area contributed by atoms with Crippen LogP contribution in [0.4, 0.5) is 24.5 Å². The molecule has 0 aliphatic carbocycles. The fourth-order valence-electron chi connectivity index (χ4n) is 3.00. The minimum atomic E-state index is -4.85. The Morgan fingerprint density at radius 2 is 1.76 bits per heavy atom. The topological polar surface area (TPSA) is 86.7 Å². The number of benzene rings is 2. The second kappa shape index (κ2) is 8.15. The minimum absolute atomic E-state index is 0.124. The molecule has 2 N–H and O–H groups in total. The maximum atomic E-state index is 13.2. The quantitative estimate of drug-likeness (QED) is 0.728. The number of rotatable bonds is 5. The SMILES string of the molecule is O=C(O)c1cc(NS(=O)(=O)c2ccccc2C(F)(F)F)ccc1N1CCSCC1. The van der Waals surface area contributed by atoms with E-state index >= 15 is 0 Å². The zero-order valence-corrected chi connectivity index (χ0v) is 16.6. The van der Waals surface area contributed by atoms with Crippen molar-refractivity contribution < 1.29 is 31.5 Å². The van der Waals surface area contributed by atoms with Crippen molar-refractivity contribution in [1.82, 2.24) is 0 Å². The number of carboxylic acids is 1. The van der Waals surface area contributed by atoms with Gasteiger partial charge in [0.15, 0.2) is 0 Å². The molecule has 1 saturated heterocycles. The van der Waals surface area contributed by atoms with Crippen molar-refractivity contribution in [2.24, 2.45) is 0 Å². The molecule has 0 aromatic heterocycles. The lowest BCUT2D eigenvalue weighted by Gasteiger charge is -2.29. The van der Waals surface area contributed by atoms with Crippen LogP contribution in [-0.2, 0) is 16.2 Å². The van der Waals surface area contributed by atoms with Crippen LogP contribution < -0.4 is 9.62 Å². The molecule has 0 radical (unpaired) electrons. The first-order valence-electron chi connectivity index (χ1n) is 8.49. The van der Waals surface area contributed by atoms with Crippen LogP contribution in [-0.4, -0.2) is 44.1 Å². The maximum absolute atomic E-state index is 13.2. The molecule has 2 aromatic rings. The molecule has 0 bridgehead atoms. The summed E-state index contributed by atoms with van der Waals surface area (Å²) in [4.78, 5) is 12.6. The summed E-state index contributed by atoms with van der Waals surface area (Å²) in [7, 11) is -4.59. The standard InChI is InChI=1S/C18H17F3N2O4S2/c19-18(20,21)14-3-1-2-4-16(14)29(26,27)22-12-5-6-15(13(11-12)17(24)25)23-7-9-28-10-8-23/h1-6,11,22H,7-10H2,(H,24,25). The van der Waals surface area contributed by atoms with Crippen LogP contribution in [0.3, 0.4) is 0 Å². The number of nitrogens with one attached hydrogen (secondary N) is 1. The van der Waals surface area contributed by atoms with Crippen molar-refractivity contribution in [2.45, 2.75) is 11.1 Å². The molecule has 1 aliphatic rings. The summed E-state index contributed by atoms with van der Waals surface area (Å²) in [6, 6.07) is 7.73. The Kier molecular flexibility index (Phi) is 5.99. The molecule has 156 valence electrons. The van der Waals surface area contributed by atoms with Gasteiger partial charge in [0.1, 0.15) is 0 Å². The molecule has 0 spiro atoms.